The van der Waals surface area contributed by atoms with E-state index in [9.17, 15) is 14.4 Å². The number of aromatic nitrogens is 1. The third-order valence-electron chi connectivity index (χ3n) is 3.94. The smallest absolute Gasteiger partial charge is 0.184 e. The van der Waals surface area contributed by atoms with Crippen LogP contribution < -0.4 is 0 Å². The van der Waals surface area contributed by atoms with Crippen molar-refractivity contribution in [1.82, 2.24) is 4.98 Å². The van der Waals surface area contributed by atoms with Crippen molar-refractivity contribution in [2.75, 3.05) is 0 Å². The first-order chi connectivity index (χ1) is 10.5. The van der Waals surface area contributed by atoms with Crippen LogP contribution in [0.5, 0.6) is 0 Å². The number of fused-ring (bicyclic) bond motifs is 1. The van der Waals surface area contributed by atoms with E-state index in [1.54, 1.807) is 18.3 Å². The molecule has 0 saturated heterocycles. The second-order valence-electron chi connectivity index (χ2n) is 5.59. The van der Waals surface area contributed by atoms with Crippen LogP contribution >= 0.6 is 11.6 Å². The molecule has 1 aliphatic rings. The molecular weight excluding hydrogens is 302 g/mol. The van der Waals surface area contributed by atoms with Crippen LogP contribution in [0.1, 0.15) is 35.2 Å². The summed E-state index contributed by atoms with van der Waals surface area (Å²) < 4.78 is 0. The summed E-state index contributed by atoms with van der Waals surface area (Å²) in [5.41, 5.74) is 1.57. The summed E-state index contributed by atoms with van der Waals surface area (Å²) in [6.45, 7) is 1.90. The molecule has 0 atom stereocenters. The van der Waals surface area contributed by atoms with Crippen LogP contribution in [-0.4, -0.2) is 22.3 Å². The summed E-state index contributed by atoms with van der Waals surface area (Å²) in [5, 5.41) is 0.989. The van der Waals surface area contributed by atoms with Crippen LogP contribution in [0.25, 0.3) is 10.9 Å². The number of ketones is 3. The normalized spacial score (nSPS) is 16.3. The molecule has 0 N–H and O–H groups in total. The van der Waals surface area contributed by atoms with Gasteiger partial charge in [0.25, 0.3) is 0 Å². The second kappa shape index (κ2) is 5.61. The molecule has 5 heteroatoms. The standard InChI is InChI=1S/C17H14ClNO3/c1-9-7-10-5-6-11(18)14(16(10)19-8-9)17(22)15-12(20)3-2-4-13(15)21/h5-8,15H,2-4H2,1H3. The predicted octanol–water partition coefficient (Wildman–Crippen LogP) is 3.32. The fourth-order valence-corrected chi connectivity index (χ4v) is 3.11. The highest BCUT2D eigenvalue weighted by Crippen LogP contribution is 2.30. The lowest BCUT2D eigenvalue weighted by Gasteiger charge is -2.19. The molecule has 0 amide bonds. The second-order valence-corrected chi connectivity index (χ2v) is 6.00. The summed E-state index contributed by atoms with van der Waals surface area (Å²) in [6, 6.07) is 5.27. The van der Waals surface area contributed by atoms with Crippen LogP contribution in [0, 0.1) is 12.8 Å². The fourth-order valence-electron chi connectivity index (χ4n) is 2.86. The zero-order valence-corrected chi connectivity index (χ0v) is 12.8. The molecule has 2 aromatic rings. The van der Waals surface area contributed by atoms with Gasteiger partial charge in [-0.3, -0.25) is 19.4 Å². The number of carbonyl (C=O) groups is 3. The van der Waals surface area contributed by atoms with Crippen molar-refractivity contribution >= 4 is 39.9 Å². The van der Waals surface area contributed by atoms with Crippen LogP contribution in [0.3, 0.4) is 0 Å². The van der Waals surface area contributed by atoms with E-state index in [2.05, 4.69) is 4.98 Å². The van der Waals surface area contributed by atoms with Gasteiger partial charge in [-0.2, -0.15) is 0 Å². The molecule has 22 heavy (non-hydrogen) atoms. The zero-order valence-electron chi connectivity index (χ0n) is 12.1. The average Bonchev–Trinajstić information content (AvgIpc) is 2.47. The third-order valence-corrected chi connectivity index (χ3v) is 4.25. The molecule has 4 nitrogen and oxygen atoms in total. The Balaban J connectivity index is 2.16. The SMILES string of the molecule is Cc1cnc2c(C(=O)C3C(=O)CCCC3=O)c(Cl)ccc2c1. The van der Waals surface area contributed by atoms with Gasteiger partial charge in [0.15, 0.2) is 17.3 Å². The Labute approximate surface area is 132 Å². The number of benzene rings is 1. The molecule has 0 unspecified atom stereocenters. The molecule has 112 valence electrons. The van der Waals surface area contributed by atoms with Gasteiger partial charge in [-0.1, -0.05) is 17.7 Å². The average molecular weight is 316 g/mol. The van der Waals surface area contributed by atoms with Crippen molar-refractivity contribution in [2.45, 2.75) is 26.2 Å². The number of pyridine rings is 1. The minimum atomic E-state index is -1.22. The van der Waals surface area contributed by atoms with Gasteiger partial charge < -0.3 is 0 Å². The van der Waals surface area contributed by atoms with E-state index in [1.807, 2.05) is 13.0 Å². The highest BCUT2D eigenvalue weighted by atomic mass is 35.5. The summed E-state index contributed by atoms with van der Waals surface area (Å²) in [6.07, 6.45) is 2.68. The van der Waals surface area contributed by atoms with Gasteiger partial charge in [0.1, 0.15) is 5.92 Å². The van der Waals surface area contributed by atoms with Crippen LogP contribution in [0.4, 0.5) is 0 Å². The Morgan fingerprint density at radius 2 is 1.91 bits per heavy atom. The molecule has 1 fully saturated rings. The van der Waals surface area contributed by atoms with Gasteiger partial charge in [-0.15, -0.1) is 0 Å². The molecule has 0 aliphatic heterocycles. The molecule has 0 spiro atoms. The Bertz CT molecular complexity index is 797. The van der Waals surface area contributed by atoms with Crippen molar-refractivity contribution in [2.24, 2.45) is 5.92 Å². The van der Waals surface area contributed by atoms with Gasteiger partial charge in [0, 0.05) is 24.4 Å². The van der Waals surface area contributed by atoms with E-state index >= 15 is 0 Å². The van der Waals surface area contributed by atoms with Crippen molar-refractivity contribution in [1.29, 1.82) is 0 Å². The number of Topliss-reactive ketones (excluding diaryl/α,β-unsaturated/α-hetero) is 3. The first-order valence-corrected chi connectivity index (χ1v) is 7.51. The minimum Gasteiger partial charge on any atom is -0.298 e. The first kappa shape index (κ1) is 14.9. The Kier molecular flexibility index (Phi) is 3.79. The van der Waals surface area contributed by atoms with Gasteiger partial charge >= 0.3 is 0 Å². The van der Waals surface area contributed by atoms with Gasteiger partial charge in [-0.05, 0) is 31.0 Å². The molecule has 1 heterocycles. The van der Waals surface area contributed by atoms with Gasteiger partial charge in [-0.25, -0.2) is 0 Å². The fraction of sp³-hybridized carbons (Fsp3) is 0.294. The Morgan fingerprint density at radius 3 is 2.59 bits per heavy atom. The molecule has 1 aromatic heterocycles. The lowest BCUT2D eigenvalue weighted by Crippen LogP contribution is -2.35. The van der Waals surface area contributed by atoms with E-state index in [4.69, 9.17) is 11.6 Å². The topological polar surface area (TPSA) is 64.1 Å². The van der Waals surface area contributed by atoms with E-state index in [0.717, 1.165) is 10.9 Å². The third kappa shape index (κ3) is 2.44. The maximum Gasteiger partial charge on any atom is 0.184 e. The predicted molar refractivity (Wildman–Crippen MR) is 83.2 cm³/mol. The van der Waals surface area contributed by atoms with Gasteiger partial charge in [0.05, 0.1) is 16.1 Å². The van der Waals surface area contributed by atoms with Crippen LogP contribution in [0.15, 0.2) is 24.4 Å². The summed E-state index contributed by atoms with van der Waals surface area (Å²) >= 11 is 6.17. The quantitative estimate of drug-likeness (QED) is 0.630. The van der Waals surface area contributed by atoms with E-state index < -0.39 is 11.7 Å². The van der Waals surface area contributed by atoms with E-state index in [1.165, 1.54) is 0 Å². The zero-order chi connectivity index (χ0) is 15.9. The van der Waals surface area contributed by atoms with Crippen molar-refractivity contribution in [3.05, 3.63) is 40.5 Å². The molecular formula is C17H14ClNO3. The monoisotopic (exact) mass is 315 g/mol. The lowest BCUT2D eigenvalue weighted by atomic mass is 9.81. The van der Waals surface area contributed by atoms with E-state index in [-0.39, 0.29) is 35.0 Å². The maximum absolute atomic E-state index is 12.8. The van der Waals surface area contributed by atoms with Crippen LogP contribution in [-0.2, 0) is 9.59 Å². The van der Waals surface area contributed by atoms with Gasteiger partial charge in [0.2, 0.25) is 0 Å². The highest BCUT2D eigenvalue weighted by molar-refractivity contribution is 6.38. The Morgan fingerprint density at radius 1 is 1.23 bits per heavy atom. The number of rotatable bonds is 2. The molecule has 1 aliphatic carbocycles. The van der Waals surface area contributed by atoms with Crippen molar-refractivity contribution < 1.29 is 14.4 Å². The number of halogens is 1. The largest absolute Gasteiger partial charge is 0.298 e. The number of hydrogen-bond donors (Lipinski definition) is 0. The first-order valence-electron chi connectivity index (χ1n) is 7.13. The number of nitrogens with zero attached hydrogens (tertiary/aromatic N) is 1. The highest BCUT2D eigenvalue weighted by Gasteiger charge is 2.38. The van der Waals surface area contributed by atoms with E-state index in [0.29, 0.717) is 11.9 Å². The number of hydrogen-bond acceptors (Lipinski definition) is 4. The van der Waals surface area contributed by atoms with Crippen LogP contribution in [0.2, 0.25) is 5.02 Å². The minimum absolute atomic E-state index is 0.174. The van der Waals surface area contributed by atoms with Crippen molar-refractivity contribution in [3.63, 3.8) is 0 Å². The summed E-state index contributed by atoms with van der Waals surface area (Å²) in [4.78, 5) is 41.1. The van der Waals surface area contributed by atoms with Crippen molar-refractivity contribution in [3.8, 4) is 0 Å². The number of aryl methyl sites for hydroxylation is 1. The molecule has 1 aromatic carbocycles. The number of carbonyl (C=O) groups excluding carboxylic acids is 3. The summed E-state index contributed by atoms with van der Waals surface area (Å²) in [5.74, 6) is -2.38. The molecule has 3 rings (SSSR count). The summed E-state index contributed by atoms with van der Waals surface area (Å²) in [7, 11) is 0. The maximum atomic E-state index is 12.8. The molecule has 0 bridgehead atoms. The molecule has 1 saturated carbocycles. The molecule has 0 radical (unpaired) electrons. The lowest BCUT2D eigenvalue weighted by molar-refractivity contribution is -0.133. The Hall–Kier alpha value is -2.07.